The summed E-state index contributed by atoms with van der Waals surface area (Å²) in [4.78, 5) is 12.1. The number of aryl methyl sites for hydroxylation is 1. The van der Waals surface area contributed by atoms with Gasteiger partial charge >= 0.3 is 5.97 Å². The lowest BCUT2D eigenvalue weighted by Crippen LogP contribution is -2.26. The van der Waals surface area contributed by atoms with Crippen molar-refractivity contribution in [3.05, 3.63) is 71.5 Å². The lowest BCUT2D eigenvalue weighted by Gasteiger charge is -2.36. The molecule has 2 rings (SSSR count). The fourth-order valence-electron chi connectivity index (χ4n) is 3.09. The Morgan fingerprint density at radius 2 is 1.91 bits per heavy atom. The second-order valence-corrected chi connectivity index (χ2v) is 7.03. The van der Waals surface area contributed by atoms with Crippen LogP contribution in [0.4, 0.5) is 0 Å². The number of esters is 1. The molecule has 2 heteroatoms. The van der Waals surface area contributed by atoms with Gasteiger partial charge in [-0.15, -0.1) is 0 Å². The van der Waals surface area contributed by atoms with Crippen LogP contribution in [0.3, 0.4) is 0 Å². The highest BCUT2D eigenvalue weighted by Gasteiger charge is 2.30. The Labute approximate surface area is 139 Å². The fraction of sp³-hybridized carbons (Fsp3) is 0.381. The molecule has 1 aromatic rings. The molecule has 0 bridgehead atoms. The third-order valence-corrected chi connectivity index (χ3v) is 4.57. The fourth-order valence-corrected chi connectivity index (χ4v) is 3.09. The first kappa shape index (κ1) is 17.3. The molecule has 1 aliphatic carbocycles. The summed E-state index contributed by atoms with van der Waals surface area (Å²) in [6.07, 6.45) is 8.51. The van der Waals surface area contributed by atoms with E-state index in [4.69, 9.17) is 4.74 Å². The average Bonchev–Trinajstić information content (AvgIpc) is 2.46. The van der Waals surface area contributed by atoms with Crippen LogP contribution in [-0.4, -0.2) is 5.97 Å². The number of hydrogen-bond acceptors (Lipinski definition) is 2. The lowest BCUT2D eigenvalue weighted by molar-refractivity contribution is 0.0638. The number of ether oxygens (including phenoxy) is 1. The topological polar surface area (TPSA) is 26.3 Å². The zero-order valence-electron chi connectivity index (χ0n) is 14.6. The predicted molar refractivity (Wildman–Crippen MR) is 95.1 cm³/mol. The van der Waals surface area contributed by atoms with E-state index in [1.165, 1.54) is 5.57 Å². The molecular weight excluding hydrogens is 284 g/mol. The second-order valence-electron chi connectivity index (χ2n) is 7.03. The predicted octanol–water partition coefficient (Wildman–Crippen LogP) is 5.60. The minimum absolute atomic E-state index is 0.219. The van der Waals surface area contributed by atoms with Crippen LogP contribution in [0.15, 0.2) is 60.4 Å². The Morgan fingerprint density at radius 3 is 2.52 bits per heavy atom. The van der Waals surface area contributed by atoms with Crippen LogP contribution in [0.1, 0.15) is 49.5 Å². The van der Waals surface area contributed by atoms with Gasteiger partial charge in [-0.1, -0.05) is 55.8 Å². The van der Waals surface area contributed by atoms with E-state index in [1.807, 2.05) is 25.1 Å². The van der Waals surface area contributed by atoms with Crippen molar-refractivity contribution in [2.45, 2.75) is 40.5 Å². The summed E-state index contributed by atoms with van der Waals surface area (Å²) in [7, 11) is 0. The van der Waals surface area contributed by atoms with Gasteiger partial charge < -0.3 is 4.74 Å². The Bertz CT molecular complexity index is 645. The van der Waals surface area contributed by atoms with E-state index in [0.717, 1.165) is 18.4 Å². The first-order valence-electron chi connectivity index (χ1n) is 8.12. The van der Waals surface area contributed by atoms with Crippen molar-refractivity contribution in [3.8, 4) is 0 Å². The summed E-state index contributed by atoms with van der Waals surface area (Å²) < 4.78 is 5.33. The zero-order chi connectivity index (χ0) is 17.0. The molecule has 0 saturated heterocycles. The summed E-state index contributed by atoms with van der Waals surface area (Å²) in [5.41, 5.74) is 3.24. The normalized spacial score (nSPS) is 20.2. The monoisotopic (exact) mass is 310 g/mol. The molecule has 1 aromatic carbocycles. The van der Waals surface area contributed by atoms with Gasteiger partial charge in [0.05, 0.1) is 5.56 Å². The molecule has 1 aliphatic rings. The SMILES string of the molecule is C=C(/C=C/C1C(C)=CCCC1(C)C)OC(=O)c1ccc(C)cc1. The Balaban J connectivity index is 2.01. The third kappa shape index (κ3) is 4.44. The van der Waals surface area contributed by atoms with E-state index in [2.05, 4.69) is 39.5 Å². The van der Waals surface area contributed by atoms with Crippen LogP contribution < -0.4 is 0 Å². The van der Waals surface area contributed by atoms with E-state index >= 15 is 0 Å². The van der Waals surface area contributed by atoms with Crippen LogP contribution in [0.2, 0.25) is 0 Å². The van der Waals surface area contributed by atoms with Crippen molar-refractivity contribution < 1.29 is 9.53 Å². The molecule has 0 fully saturated rings. The van der Waals surface area contributed by atoms with Gasteiger partial charge in [0, 0.05) is 5.92 Å². The molecule has 0 amide bonds. The highest BCUT2D eigenvalue weighted by molar-refractivity contribution is 5.90. The smallest absolute Gasteiger partial charge is 0.343 e. The van der Waals surface area contributed by atoms with Gasteiger partial charge in [0.1, 0.15) is 5.76 Å². The maximum atomic E-state index is 12.1. The van der Waals surface area contributed by atoms with E-state index < -0.39 is 0 Å². The minimum atomic E-state index is -0.366. The van der Waals surface area contributed by atoms with Crippen LogP contribution in [0.5, 0.6) is 0 Å². The number of carbonyl (C=O) groups is 1. The molecule has 1 atom stereocenters. The first-order valence-corrected chi connectivity index (χ1v) is 8.12. The van der Waals surface area contributed by atoms with Gasteiger partial charge in [0.25, 0.3) is 0 Å². The van der Waals surface area contributed by atoms with Crippen LogP contribution in [-0.2, 0) is 4.74 Å². The maximum Gasteiger partial charge on any atom is 0.343 e. The molecule has 0 aliphatic heterocycles. The Kier molecular flexibility index (Phi) is 5.25. The molecule has 122 valence electrons. The van der Waals surface area contributed by atoms with Gasteiger partial charge in [0.2, 0.25) is 0 Å². The van der Waals surface area contributed by atoms with Gasteiger partial charge in [-0.05, 0) is 50.3 Å². The van der Waals surface area contributed by atoms with E-state index in [0.29, 0.717) is 17.2 Å². The van der Waals surface area contributed by atoms with E-state index in [9.17, 15) is 4.79 Å². The van der Waals surface area contributed by atoms with Crippen LogP contribution >= 0.6 is 0 Å². The molecule has 1 unspecified atom stereocenters. The van der Waals surface area contributed by atoms with Crippen molar-refractivity contribution in [1.82, 2.24) is 0 Å². The molecule has 0 saturated carbocycles. The quantitative estimate of drug-likeness (QED) is 0.313. The number of benzene rings is 1. The summed E-state index contributed by atoms with van der Waals surface area (Å²) in [5.74, 6) is 0.366. The van der Waals surface area contributed by atoms with Gasteiger partial charge in [-0.25, -0.2) is 4.79 Å². The summed E-state index contributed by atoms with van der Waals surface area (Å²) in [6.45, 7) is 12.5. The second kappa shape index (κ2) is 6.99. The van der Waals surface area contributed by atoms with Crippen molar-refractivity contribution >= 4 is 5.97 Å². The van der Waals surface area contributed by atoms with Crippen LogP contribution in [0.25, 0.3) is 0 Å². The molecule has 0 N–H and O–H groups in total. The molecule has 23 heavy (non-hydrogen) atoms. The maximum absolute atomic E-state index is 12.1. The summed E-state index contributed by atoms with van der Waals surface area (Å²) >= 11 is 0. The summed E-state index contributed by atoms with van der Waals surface area (Å²) in [5, 5.41) is 0. The minimum Gasteiger partial charge on any atom is -0.424 e. The average molecular weight is 310 g/mol. The first-order chi connectivity index (χ1) is 10.8. The van der Waals surface area contributed by atoms with E-state index in [-0.39, 0.29) is 11.4 Å². The van der Waals surface area contributed by atoms with Gasteiger partial charge in [-0.2, -0.15) is 0 Å². The third-order valence-electron chi connectivity index (χ3n) is 4.57. The molecule has 0 aromatic heterocycles. The molecule has 2 nitrogen and oxygen atoms in total. The van der Waals surface area contributed by atoms with Gasteiger partial charge in [0.15, 0.2) is 0 Å². The van der Waals surface area contributed by atoms with Crippen LogP contribution in [0, 0.1) is 18.3 Å². The van der Waals surface area contributed by atoms with E-state index in [1.54, 1.807) is 12.1 Å². The van der Waals surface area contributed by atoms with Crippen molar-refractivity contribution in [3.63, 3.8) is 0 Å². The molecule has 0 spiro atoms. The highest BCUT2D eigenvalue weighted by Crippen LogP contribution is 2.41. The zero-order valence-corrected chi connectivity index (χ0v) is 14.6. The van der Waals surface area contributed by atoms with Crippen molar-refractivity contribution in [2.24, 2.45) is 11.3 Å². The number of hydrogen-bond donors (Lipinski definition) is 0. The number of rotatable bonds is 4. The molecule has 0 radical (unpaired) electrons. The number of allylic oxidation sites excluding steroid dienone is 4. The molecular formula is C21H26O2. The van der Waals surface area contributed by atoms with Crippen molar-refractivity contribution in [1.29, 1.82) is 0 Å². The van der Waals surface area contributed by atoms with Crippen molar-refractivity contribution in [2.75, 3.05) is 0 Å². The molecule has 0 heterocycles. The Morgan fingerprint density at radius 1 is 1.26 bits per heavy atom. The van der Waals surface area contributed by atoms with Gasteiger partial charge in [-0.3, -0.25) is 0 Å². The highest BCUT2D eigenvalue weighted by atomic mass is 16.5. The largest absolute Gasteiger partial charge is 0.424 e. The standard InChI is InChI=1S/C21H26O2/c1-15-8-11-18(12-9-15)20(22)23-17(3)10-13-19-16(2)7-6-14-21(19,4)5/h7-13,19H,3,6,14H2,1-2,4-5H3/b13-10+. The lowest BCUT2D eigenvalue weighted by atomic mass is 9.68. The number of carbonyl (C=O) groups excluding carboxylic acids is 1. The Hall–Kier alpha value is -2.09. The summed E-state index contributed by atoms with van der Waals surface area (Å²) in [6, 6.07) is 7.33.